The lowest BCUT2D eigenvalue weighted by atomic mass is 9.64. The van der Waals surface area contributed by atoms with Crippen LogP contribution >= 0.6 is 0 Å². The molecule has 4 aliphatic rings. The highest BCUT2D eigenvalue weighted by Crippen LogP contribution is 2.53. The molecular weight excluding hydrogens is 272 g/mol. The minimum absolute atomic E-state index is 0.165. The van der Waals surface area contributed by atoms with E-state index in [-0.39, 0.29) is 5.92 Å². The number of piperidine rings is 3. The number of benzene rings is 1. The number of hydrogen-bond acceptors (Lipinski definition) is 2. The third-order valence-corrected chi connectivity index (χ3v) is 6.17. The van der Waals surface area contributed by atoms with Gasteiger partial charge >= 0.3 is 0 Å². The number of aromatic amines is 1. The standard InChI is InChI=1S/C19H20N2O/c1-2-11-9-21-17-8-14-12-5-3-4-6-16(12)20-19(14)18(21)7-13(11)15(17)10-22/h2-6,10,13,15,17-18,20H,7-9H2,1H3/b11-2-/t13-,15-,17+,18+/m1/s1. The SMILES string of the molecule is C/C=C1/CN2[C@H]3C[C@H]1[C@@H](C=O)[C@@H]2Cc1c3[nH]c2ccccc12. The fourth-order valence-corrected chi connectivity index (χ4v) is 5.17. The van der Waals surface area contributed by atoms with Crippen LogP contribution in [-0.2, 0) is 11.2 Å². The fraction of sp³-hybridized carbons (Fsp3) is 0.421. The van der Waals surface area contributed by atoms with E-state index in [9.17, 15) is 4.79 Å². The van der Waals surface area contributed by atoms with E-state index in [2.05, 4.69) is 47.1 Å². The van der Waals surface area contributed by atoms with Crippen LogP contribution in [0.25, 0.3) is 10.9 Å². The van der Waals surface area contributed by atoms with Crippen molar-refractivity contribution < 1.29 is 4.79 Å². The zero-order valence-corrected chi connectivity index (χ0v) is 12.8. The number of aromatic nitrogens is 1. The first-order chi connectivity index (χ1) is 10.8. The molecule has 4 bridgehead atoms. The van der Waals surface area contributed by atoms with Gasteiger partial charge in [-0.2, -0.15) is 0 Å². The molecule has 3 nitrogen and oxygen atoms in total. The van der Waals surface area contributed by atoms with Crippen LogP contribution in [-0.4, -0.2) is 28.8 Å². The van der Waals surface area contributed by atoms with Crippen molar-refractivity contribution in [1.82, 2.24) is 9.88 Å². The molecule has 0 spiro atoms. The Hall–Kier alpha value is -1.87. The number of H-pyrrole nitrogens is 1. The second kappa shape index (κ2) is 4.32. The Bertz CT molecular complexity index is 803. The van der Waals surface area contributed by atoms with E-state index in [1.165, 1.54) is 34.0 Å². The van der Waals surface area contributed by atoms with Crippen LogP contribution in [0.5, 0.6) is 0 Å². The summed E-state index contributed by atoms with van der Waals surface area (Å²) < 4.78 is 0. The van der Waals surface area contributed by atoms with E-state index in [0.717, 1.165) is 19.4 Å². The minimum atomic E-state index is 0.165. The van der Waals surface area contributed by atoms with Gasteiger partial charge in [-0.15, -0.1) is 0 Å². The van der Waals surface area contributed by atoms with Gasteiger partial charge in [-0.3, -0.25) is 4.90 Å². The van der Waals surface area contributed by atoms with Gasteiger partial charge in [0.05, 0.1) is 6.04 Å². The summed E-state index contributed by atoms with van der Waals surface area (Å²) in [7, 11) is 0. The molecular formula is C19H20N2O. The Kier molecular flexibility index (Phi) is 2.49. The lowest BCUT2D eigenvalue weighted by Gasteiger charge is -2.57. The number of para-hydroxylation sites is 1. The molecule has 3 fully saturated rings. The molecule has 3 saturated heterocycles. The number of fused-ring (bicyclic) bond motifs is 4. The lowest BCUT2D eigenvalue weighted by molar-refractivity contribution is -0.121. The maximum atomic E-state index is 11.8. The Balaban J connectivity index is 1.70. The predicted molar refractivity (Wildman–Crippen MR) is 86.7 cm³/mol. The number of nitrogens with zero attached hydrogens (tertiary/aromatic N) is 1. The zero-order valence-electron chi connectivity index (χ0n) is 12.8. The Morgan fingerprint density at radius 3 is 3.00 bits per heavy atom. The Morgan fingerprint density at radius 2 is 2.18 bits per heavy atom. The number of allylic oxidation sites excluding steroid dienone is 1. The number of hydrogen-bond donors (Lipinski definition) is 1. The van der Waals surface area contributed by atoms with Gasteiger partial charge in [-0.25, -0.2) is 0 Å². The molecule has 112 valence electrons. The van der Waals surface area contributed by atoms with Crippen molar-refractivity contribution in [2.75, 3.05) is 6.54 Å². The fourth-order valence-electron chi connectivity index (χ4n) is 5.17. The number of nitrogens with one attached hydrogen (secondary N) is 1. The summed E-state index contributed by atoms with van der Waals surface area (Å²) in [6.07, 6.45) is 5.54. The molecule has 5 atom stereocenters. The molecule has 0 amide bonds. The van der Waals surface area contributed by atoms with Crippen LogP contribution in [0.3, 0.4) is 0 Å². The molecule has 1 N–H and O–H groups in total. The second-order valence-corrected chi connectivity index (χ2v) is 6.94. The Morgan fingerprint density at radius 1 is 1.32 bits per heavy atom. The van der Waals surface area contributed by atoms with Gasteiger partial charge in [0.15, 0.2) is 0 Å². The predicted octanol–water partition coefficient (Wildman–Crippen LogP) is 3.23. The van der Waals surface area contributed by atoms with Gasteiger partial charge in [-0.1, -0.05) is 29.8 Å². The molecule has 1 aromatic carbocycles. The summed E-state index contributed by atoms with van der Waals surface area (Å²) in [4.78, 5) is 18.0. The van der Waals surface area contributed by atoms with Crippen molar-refractivity contribution in [2.24, 2.45) is 11.8 Å². The Labute approximate surface area is 130 Å². The second-order valence-electron chi connectivity index (χ2n) is 6.94. The zero-order chi connectivity index (χ0) is 14.8. The van der Waals surface area contributed by atoms with Gasteiger partial charge in [0.1, 0.15) is 6.29 Å². The van der Waals surface area contributed by atoms with Crippen molar-refractivity contribution in [1.29, 1.82) is 0 Å². The van der Waals surface area contributed by atoms with Crippen LogP contribution < -0.4 is 0 Å². The largest absolute Gasteiger partial charge is 0.357 e. The molecule has 0 aliphatic carbocycles. The van der Waals surface area contributed by atoms with E-state index in [0.29, 0.717) is 18.0 Å². The first kappa shape index (κ1) is 12.7. The van der Waals surface area contributed by atoms with E-state index in [1.807, 2.05) is 0 Å². The normalized spacial score (nSPS) is 37.5. The average Bonchev–Trinajstić information content (AvgIpc) is 2.93. The molecule has 1 aromatic heterocycles. The van der Waals surface area contributed by atoms with Crippen molar-refractivity contribution in [3.63, 3.8) is 0 Å². The van der Waals surface area contributed by atoms with Crippen molar-refractivity contribution in [3.05, 3.63) is 47.2 Å². The van der Waals surface area contributed by atoms with E-state index >= 15 is 0 Å². The summed E-state index contributed by atoms with van der Waals surface area (Å²) >= 11 is 0. The van der Waals surface area contributed by atoms with Crippen molar-refractivity contribution >= 4 is 17.2 Å². The minimum Gasteiger partial charge on any atom is -0.357 e. The molecule has 0 saturated carbocycles. The van der Waals surface area contributed by atoms with Gasteiger partial charge in [0.2, 0.25) is 0 Å². The van der Waals surface area contributed by atoms with Crippen LogP contribution in [0.1, 0.15) is 30.6 Å². The number of carbonyl (C=O) groups excluding carboxylic acids is 1. The van der Waals surface area contributed by atoms with E-state index in [1.54, 1.807) is 0 Å². The third kappa shape index (κ3) is 1.42. The average molecular weight is 292 g/mol. The highest BCUT2D eigenvalue weighted by Gasteiger charge is 2.52. The smallest absolute Gasteiger partial charge is 0.125 e. The third-order valence-electron chi connectivity index (χ3n) is 6.17. The topological polar surface area (TPSA) is 36.1 Å². The molecule has 0 radical (unpaired) electrons. The summed E-state index contributed by atoms with van der Waals surface area (Å²) in [5.74, 6) is 0.611. The highest BCUT2D eigenvalue weighted by atomic mass is 16.1. The lowest BCUT2D eigenvalue weighted by Crippen LogP contribution is -2.60. The summed E-state index contributed by atoms with van der Waals surface area (Å²) in [6, 6.07) is 9.44. The van der Waals surface area contributed by atoms with Crippen LogP contribution in [0.4, 0.5) is 0 Å². The molecule has 1 unspecified atom stereocenters. The van der Waals surface area contributed by atoms with Gasteiger partial charge in [0.25, 0.3) is 0 Å². The van der Waals surface area contributed by atoms with Gasteiger partial charge in [0, 0.05) is 35.1 Å². The van der Waals surface area contributed by atoms with Gasteiger partial charge < -0.3 is 9.78 Å². The number of rotatable bonds is 1. The molecule has 5 heterocycles. The van der Waals surface area contributed by atoms with E-state index in [4.69, 9.17) is 0 Å². The molecule has 4 aliphatic heterocycles. The quantitative estimate of drug-likeness (QED) is 0.647. The van der Waals surface area contributed by atoms with Crippen molar-refractivity contribution in [3.8, 4) is 0 Å². The van der Waals surface area contributed by atoms with E-state index < -0.39 is 0 Å². The first-order valence-electron chi connectivity index (χ1n) is 8.27. The molecule has 3 heteroatoms. The van der Waals surface area contributed by atoms with Crippen LogP contribution in [0.2, 0.25) is 0 Å². The molecule has 6 rings (SSSR count). The van der Waals surface area contributed by atoms with Gasteiger partial charge in [-0.05, 0) is 37.3 Å². The maximum absolute atomic E-state index is 11.8. The monoisotopic (exact) mass is 292 g/mol. The molecule has 2 aromatic rings. The first-order valence-corrected chi connectivity index (χ1v) is 8.27. The molecule has 22 heavy (non-hydrogen) atoms. The number of carbonyl (C=O) groups is 1. The summed E-state index contributed by atoms with van der Waals surface area (Å²) in [5.41, 5.74) is 5.56. The maximum Gasteiger partial charge on any atom is 0.125 e. The highest BCUT2D eigenvalue weighted by molar-refractivity contribution is 5.85. The van der Waals surface area contributed by atoms with Crippen LogP contribution in [0.15, 0.2) is 35.9 Å². The van der Waals surface area contributed by atoms with Crippen molar-refractivity contribution in [2.45, 2.75) is 31.8 Å². The summed E-state index contributed by atoms with van der Waals surface area (Å²) in [5, 5.41) is 1.35. The van der Waals surface area contributed by atoms with Crippen LogP contribution in [0, 0.1) is 11.8 Å². The number of aldehydes is 1. The summed E-state index contributed by atoms with van der Waals surface area (Å²) in [6.45, 7) is 3.15.